The number of rotatable bonds is 5. The zero-order valence-corrected chi connectivity index (χ0v) is 18.0. The lowest BCUT2D eigenvalue weighted by Gasteiger charge is -2.10. The molecule has 0 spiro atoms. The number of ether oxygens (including phenoxy) is 1. The number of carbonyl (C=O) groups excluding carboxylic acids is 1. The Hall–Kier alpha value is -3.83. The highest BCUT2D eigenvalue weighted by atomic mass is 19.4. The minimum absolute atomic E-state index is 0.0402. The minimum atomic E-state index is -4.68. The fourth-order valence-corrected chi connectivity index (χ4v) is 3.48. The molecule has 0 bridgehead atoms. The molecule has 4 aromatic heterocycles. The fourth-order valence-electron chi connectivity index (χ4n) is 3.48. The molecule has 9 nitrogen and oxygen atoms in total. The second-order valence-corrected chi connectivity index (χ2v) is 7.59. The van der Waals surface area contributed by atoms with E-state index in [9.17, 15) is 22.8 Å². The molecular formula is C21H19F3N6O3. The molecule has 33 heavy (non-hydrogen) atoms. The number of esters is 1. The van der Waals surface area contributed by atoms with E-state index >= 15 is 0 Å². The highest BCUT2D eigenvalue weighted by Crippen LogP contribution is 2.27. The van der Waals surface area contributed by atoms with E-state index in [0.717, 1.165) is 10.1 Å². The smallest absolute Gasteiger partial charge is 0.453 e. The molecule has 0 saturated carbocycles. The number of hydrogen-bond donors (Lipinski definition) is 0. The summed E-state index contributed by atoms with van der Waals surface area (Å²) in [5.74, 6) is -1.98. The van der Waals surface area contributed by atoms with Gasteiger partial charge in [0.2, 0.25) is 0 Å². The van der Waals surface area contributed by atoms with Crippen LogP contribution in [0.1, 0.15) is 40.5 Å². The van der Waals surface area contributed by atoms with Gasteiger partial charge in [-0.25, -0.2) is 14.5 Å². The first kappa shape index (κ1) is 22.4. The van der Waals surface area contributed by atoms with Crippen LogP contribution in [0.3, 0.4) is 0 Å². The van der Waals surface area contributed by atoms with E-state index in [0.29, 0.717) is 28.3 Å². The van der Waals surface area contributed by atoms with Crippen LogP contribution in [0.4, 0.5) is 13.2 Å². The van der Waals surface area contributed by atoms with Crippen molar-refractivity contribution in [1.82, 2.24) is 29.0 Å². The normalized spacial score (nSPS) is 11.9. The summed E-state index contributed by atoms with van der Waals surface area (Å²) in [6.07, 6.45) is -2.87. The molecule has 0 aliphatic heterocycles. The summed E-state index contributed by atoms with van der Waals surface area (Å²) in [5, 5.41) is 3.49. The van der Waals surface area contributed by atoms with Crippen LogP contribution in [0.5, 0.6) is 0 Å². The van der Waals surface area contributed by atoms with Crippen molar-refractivity contribution < 1.29 is 22.7 Å². The summed E-state index contributed by atoms with van der Waals surface area (Å²) in [5.41, 5.74) is 2.82. The van der Waals surface area contributed by atoms with Gasteiger partial charge < -0.3 is 4.74 Å². The number of fused-ring (bicyclic) bond motifs is 2. The fraction of sp³-hybridized carbons (Fsp3) is 0.333. The van der Waals surface area contributed by atoms with Gasteiger partial charge in [-0.2, -0.15) is 18.2 Å². The molecule has 0 amide bonds. The molecule has 0 N–H and O–H groups in total. The van der Waals surface area contributed by atoms with Gasteiger partial charge in [0, 0.05) is 30.1 Å². The van der Waals surface area contributed by atoms with Gasteiger partial charge >= 0.3 is 12.1 Å². The summed E-state index contributed by atoms with van der Waals surface area (Å²) in [6.45, 7) is 4.90. The van der Waals surface area contributed by atoms with E-state index < -0.39 is 18.0 Å². The zero-order valence-electron chi connectivity index (χ0n) is 18.0. The van der Waals surface area contributed by atoms with Crippen LogP contribution >= 0.6 is 0 Å². The zero-order chi connectivity index (χ0) is 23.9. The molecule has 0 aromatic carbocycles. The molecule has 172 valence electrons. The Morgan fingerprint density at radius 2 is 1.88 bits per heavy atom. The molecule has 0 unspecified atom stereocenters. The van der Waals surface area contributed by atoms with Gasteiger partial charge in [-0.05, 0) is 44.4 Å². The summed E-state index contributed by atoms with van der Waals surface area (Å²) in [7, 11) is 0. The van der Waals surface area contributed by atoms with Crippen LogP contribution in [0.2, 0.25) is 0 Å². The largest absolute Gasteiger partial charge is 0.459 e. The molecule has 0 aliphatic rings. The van der Waals surface area contributed by atoms with E-state index in [2.05, 4.69) is 20.1 Å². The van der Waals surface area contributed by atoms with Gasteiger partial charge in [-0.1, -0.05) is 6.07 Å². The number of aromatic nitrogens is 6. The Labute approximate surface area is 184 Å². The summed E-state index contributed by atoms with van der Waals surface area (Å²) in [4.78, 5) is 36.3. The van der Waals surface area contributed by atoms with Crippen LogP contribution in [0, 0.1) is 20.8 Å². The average Bonchev–Trinajstić information content (AvgIpc) is 3.17. The first-order chi connectivity index (χ1) is 15.5. The maximum Gasteiger partial charge on any atom is 0.453 e. The van der Waals surface area contributed by atoms with Crippen LogP contribution in [0.15, 0.2) is 29.2 Å². The van der Waals surface area contributed by atoms with Crippen molar-refractivity contribution >= 4 is 17.4 Å². The summed E-state index contributed by atoms with van der Waals surface area (Å²) < 4.78 is 46.4. The Morgan fingerprint density at radius 1 is 1.12 bits per heavy atom. The van der Waals surface area contributed by atoms with Gasteiger partial charge in [0.05, 0.1) is 5.69 Å². The SMILES string of the molecule is Cc1ccc2nc(COC(=O)CCc3c(C)nc4nc(C(F)(F)F)nn4c3C)cc(=O)n2c1. The van der Waals surface area contributed by atoms with Crippen molar-refractivity contribution in [2.75, 3.05) is 0 Å². The number of alkyl halides is 3. The van der Waals surface area contributed by atoms with Crippen molar-refractivity contribution in [3.63, 3.8) is 0 Å². The molecule has 4 rings (SSSR count). The van der Waals surface area contributed by atoms with E-state index in [1.165, 1.54) is 10.5 Å². The van der Waals surface area contributed by atoms with Crippen molar-refractivity contribution in [2.24, 2.45) is 0 Å². The Morgan fingerprint density at radius 3 is 2.61 bits per heavy atom. The molecule has 4 aromatic rings. The van der Waals surface area contributed by atoms with Crippen molar-refractivity contribution in [3.05, 3.63) is 68.8 Å². The highest BCUT2D eigenvalue weighted by molar-refractivity contribution is 5.69. The highest BCUT2D eigenvalue weighted by Gasteiger charge is 2.37. The van der Waals surface area contributed by atoms with Crippen molar-refractivity contribution in [2.45, 2.75) is 46.4 Å². The number of pyridine rings is 1. The number of carbonyl (C=O) groups is 1. The first-order valence-corrected chi connectivity index (χ1v) is 9.97. The third-order valence-electron chi connectivity index (χ3n) is 5.12. The second-order valence-electron chi connectivity index (χ2n) is 7.59. The van der Waals surface area contributed by atoms with E-state index in [-0.39, 0.29) is 30.8 Å². The van der Waals surface area contributed by atoms with E-state index in [1.54, 1.807) is 26.1 Å². The summed E-state index contributed by atoms with van der Waals surface area (Å²) in [6, 6.07) is 4.82. The number of hydrogen-bond acceptors (Lipinski definition) is 7. The van der Waals surface area contributed by atoms with Crippen LogP contribution in [-0.2, 0) is 28.7 Å². The molecule has 0 saturated heterocycles. The lowest BCUT2D eigenvalue weighted by molar-refractivity contribution is -0.145. The first-order valence-electron chi connectivity index (χ1n) is 9.97. The molecule has 0 fully saturated rings. The maximum absolute atomic E-state index is 12.9. The topological polar surface area (TPSA) is 104 Å². The van der Waals surface area contributed by atoms with Crippen molar-refractivity contribution in [3.8, 4) is 0 Å². The van der Waals surface area contributed by atoms with Crippen LogP contribution in [-0.4, -0.2) is 34.9 Å². The lowest BCUT2D eigenvalue weighted by atomic mass is 10.1. The second kappa shape index (κ2) is 8.26. The number of nitrogens with zero attached hydrogens (tertiary/aromatic N) is 6. The van der Waals surface area contributed by atoms with Gasteiger partial charge in [-0.15, -0.1) is 5.10 Å². The molecular weight excluding hydrogens is 441 g/mol. The molecule has 4 heterocycles. The molecule has 0 radical (unpaired) electrons. The average molecular weight is 460 g/mol. The van der Waals surface area contributed by atoms with Crippen LogP contribution < -0.4 is 5.56 Å². The Kier molecular flexibility index (Phi) is 5.60. The van der Waals surface area contributed by atoms with Gasteiger partial charge in [0.1, 0.15) is 12.3 Å². The number of aryl methyl sites for hydroxylation is 3. The Balaban J connectivity index is 1.45. The molecule has 0 aliphatic carbocycles. The standard InChI is InChI=1S/C21H19F3N6O3/c1-11-4-6-16-26-14(8-17(31)29(16)9-11)10-33-18(32)7-5-15-12(2)25-20-27-19(21(22,23)24)28-30(20)13(15)3/h4,6,8-9H,5,7,10H2,1-3H3. The lowest BCUT2D eigenvalue weighted by Crippen LogP contribution is -2.17. The molecule has 12 heteroatoms. The van der Waals surface area contributed by atoms with Gasteiger partial charge in [-0.3, -0.25) is 14.0 Å². The third-order valence-corrected chi connectivity index (χ3v) is 5.12. The third kappa shape index (κ3) is 4.54. The van der Waals surface area contributed by atoms with Gasteiger partial charge in [0.15, 0.2) is 0 Å². The quantitative estimate of drug-likeness (QED) is 0.422. The predicted octanol–water partition coefficient (Wildman–Crippen LogP) is 2.75. The monoisotopic (exact) mass is 460 g/mol. The Bertz CT molecular complexity index is 1440. The van der Waals surface area contributed by atoms with Crippen LogP contribution in [0.25, 0.3) is 11.4 Å². The van der Waals surface area contributed by atoms with Gasteiger partial charge in [0.25, 0.3) is 17.2 Å². The molecule has 0 atom stereocenters. The maximum atomic E-state index is 12.9. The summed E-state index contributed by atoms with van der Waals surface area (Å²) >= 11 is 0. The van der Waals surface area contributed by atoms with E-state index in [4.69, 9.17) is 4.74 Å². The minimum Gasteiger partial charge on any atom is -0.459 e. The van der Waals surface area contributed by atoms with E-state index in [1.807, 2.05) is 13.0 Å². The predicted molar refractivity (Wildman–Crippen MR) is 110 cm³/mol. The number of halogens is 3. The van der Waals surface area contributed by atoms with Crippen molar-refractivity contribution in [1.29, 1.82) is 0 Å².